The summed E-state index contributed by atoms with van der Waals surface area (Å²) in [6.07, 6.45) is 2.81. The highest BCUT2D eigenvalue weighted by Crippen LogP contribution is 2.24. The summed E-state index contributed by atoms with van der Waals surface area (Å²) in [7, 11) is 0. The number of benzene rings is 4. The Labute approximate surface area is 281 Å². The summed E-state index contributed by atoms with van der Waals surface area (Å²) in [5.41, 5.74) is 4.42. The molecule has 240 valence electrons. The smallest absolute Gasteiger partial charge is 0.251 e. The van der Waals surface area contributed by atoms with E-state index in [1.54, 1.807) is 18.3 Å². The number of carbonyl (C=O) groups is 2. The van der Waals surface area contributed by atoms with E-state index in [1.807, 2.05) is 91.9 Å². The lowest BCUT2D eigenvalue weighted by molar-refractivity contribution is -0.123. The molecular weight excluding hydrogens is 605 g/mol. The highest BCUT2D eigenvalue weighted by atomic mass is 32.1. The van der Waals surface area contributed by atoms with Gasteiger partial charge in [0.25, 0.3) is 5.91 Å². The number of amides is 2. The van der Waals surface area contributed by atoms with Crippen molar-refractivity contribution in [3.63, 3.8) is 0 Å². The second kappa shape index (κ2) is 17.0. The molecule has 2 amide bonds. The predicted octanol–water partition coefficient (Wildman–Crippen LogP) is 6.27. The maximum atomic E-state index is 13.7. The standard InChI is InChI=1S/C38H40N6O2S/c1-27(33-17-9-12-29-11-5-6-16-34(29)33)42-37(46)35(18-10-24-41-38(47)43-31-13-3-2-4-14-31)44-36(45)30-21-19-28(20-22-30)25-39-26-32-15-7-8-23-40-32/h2-9,11-17,19-23,27,35,39H,10,18,24-26H2,1H3,(H,42,46)(H,44,45)(H2,41,43,47)/t27-,35-/m0/s1. The van der Waals surface area contributed by atoms with Crippen LogP contribution in [0.15, 0.2) is 121 Å². The molecular formula is C38H40N6O2S. The Hall–Kier alpha value is -5.12. The van der Waals surface area contributed by atoms with E-state index < -0.39 is 6.04 Å². The average Bonchev–Trinajstić information content (AvgIpc) is 3.10. The Morgan fingerprint density at radius 3 is 2.32 bits per heavy atom. The van der Waals surface area contributed by atoms with Crippen LogP contribution in [0, 0.1) is 0 Å². The second-order valence-electron chi connectivity index (χ2n) is 11.3. The Morgan fingerprint density at radius 1 is 0.787 bits per heavy atom. The lowest BCUT2D eigenvalue weighted by atomic mass is 9.99. The molecule has 0 spiro atoms. The van der Waals surface area contributed by atoms with Gasteiger partial charge in [-0.2, -0.15) is 0 Å². The third kappa shape index (κ3) is 9.93. The Morgan fingerprint density at radius 2 is 1.53 bits per heavy atom. The molecule has 0 fully saturated rings. The zero-order valence-electron chi connectivity index (χ0n) is 26.4. The van der Waals surface area contributed by atoms with E-state index in [-0.39, 0.29) is 17.9 Å². The fraction of sp³-hybridized carbons (Fsp3) is 0.211. The molecule has 0 saturated carbocycles. The molecule has 2 atom stereocenters. The Balaban J connectivity index is 1.20. The van der Waals surface area contributed by atoms with Gasteiger partial charge in [-0.1, -0.05) is 78.9 Å². The number of rotatable bonds is 14. The van der Waals surface area contributed by atoms with Gasteiger partial charge in [0.1, 0.15) is 6.04 Å². The first-order chi connectivity index (χ1) is 23.0. The van der Waals surface area contributed by atoms with Crippen molar-refractivity contribution in [2.24, 2.45) is 0 Å². The molecule has 1 heterocycles. The van der Waals surface area contributed by atoms with Gasteiger partial charge in [-0.25, -0.2) is 0 Å². The lowest BCUT2D eigenvalue weighted by Gasteiger charge is -2.23. The molecule has 5 N–H and O–H groups in total. The third-order valence-electron chi connectivity index (χ3n) is 7.83. The van der Waals surface area contributed by atoms with E-state index >= 15 is 0 Å². The fourth-order valence-electron chi connectivity index (χ4n) is 5.35. The van der Waals surface area contributed by atoms with Crippen molar-refractivity contribution < 1.29 is 9.59 Å². The summed E-state index contributed by atoms with van der Waals surface area (Å²) in [6, 6.07) is 36.1. The van der Waals surface area contributed by atoms with Gasteiger partial charge < -0.3 is 26.6 Å². The number of hydrogen-bond acceptors (Lipinski definition) is 5. The first-order valence-electron chi connectivity index (χ1n) is 15.8. The number of anilines is 1. The summed E-state index contributed by atoms with van der Waals surface area (Å²) in [5.74, 6) is -0.538. The summed E-state index contributed by atoms with van der Waals surface area (Å²) < 4.78 is 0. The van der Waals surface area contributed by atoms with Crippen molar-refractivity contribution in [3.8, 4) is 0 Å². The number of thiocarbonyl (C=S) groups is 1. The van der Waals surface area contributed by atoms with Crippen LogP contribution in [-0.2, 0) is 17.9 Å². The molecule has 0 radical (unpaired) electrons. The quantitative estimate of drug-likeness (QED) is 0.0717. The first kappa shape index (κ1) is 33.2. The summed E-state index contributed by atoms with van der Waals surface area (Å²) in [6.45, 7) is 3.80. The summed E-state index contributed by atoms with van der Waals surface area (Å²) >= 11 is 5.43. The molecule has 0 aliphatic rings. The Bertz CT molecular complexity index is 1760. The van der Waals surface area contributed by atoms with Gasteiger partial charge in [0.15, 0.2) is 5.11 Å². The minimum absolute atomic E-state index is 0.237. The highest BCUT2D eigenvalue weighted by Gasteiger charge is 2.23. The van der Waals surface area contributed by atoms with Crippen molar-refractivity contribution >= 4 is 45.6 Å². The predicted molar refractivity (Wildman–Crippen MR) is 193 cm³/mol. The molecule has 0 aliphatic carbocycles. The molecule has 0 bridgehead atoms. The van der Waals surface area contributed by atoms with Crippen molar-refractivity contribution in [3.05, 3.63) is 144 Å². The van der Waals surface area contributed by atoms with E-state index in [0.29, 0.717) is 43.2 Å². The van der Waals surface area contributed by atoms with Crippen LogP contribution in [0.25, 0.3) is 10.8 Å². The number of nitrogens with one attached hydrogen (secondary N) is 5. The molecule has 0 unspecified atom stereocenters. The Kier molecular flexibility index (Phi) is 12.0. The summed E-state index contributed by atoms with van der Waals surface area (Å²) in [4.78, 5) is 31.4. The SMILES string of the molecule is C[C@H](NC(=O)[C@H](CCCNC(=S)Nc1ccccc1)NC(=O)c1ccc(CNCc2ccccn2)cc1)c1cccc2ccccc12. The zero-order valence-corrected chi connectivity index (χ0v) is 27.2. The van der Waals surface area contributed by atoms with Gasteiger partial charge in [-0.05, 0) is 90.3 Å². The van der Waals surface area contributed by atoms with Gasteiger partial charge >= 0.3 is 0 Å². The van der Waals surface area contributed by atoms with E-state index in [1.165, 1.54) is 0 Å². The second-order valence-corrected chi connectivity index (χ2v) is 11.7. The summed E-state index contributed by atoms with van der Waals surface area (Å²) in [5, 5.41) is 18.6. The van der Waals surface area contributed by atoms with Crippen LogP contribution >= 0.6 is 12.2 Å². The zero-order chi connectivity index (χ0) is 32.8. The van der Waals surface area contributed by atoms with Gasteiger partial charge in [-0.15, -0.1) is 0 Å². The molecule has 4 aromatic carbocycles. The number of nitrogens with zero attached hydrogens (tertiary/aromatic N) is 1. The number of para-hydroxylation sites is 1. The van der Waals surface area contributed by atoms with Crippen LogP contribution in [-0.4, -0.2) is 34.5 Å². The maximum Gasteiger partial charge on any atom is 0.251 e. The molecule has 47 heavy (non-hydrogen) atoms. The van der Waals surface area contributed by atoms with E-state index in [0.717, 1.165) is 33.3 Å². The number of pyridine rings is 1. The molecule has 1 aromatic heterocycles. The van der Waals surface area contributed by atoms with Crippen molar-refractivity contribution in [1.29, 1.82) is 0 Å². The lowest BCUT2D eigenvalue weighted by Crippen LogP contribution is -2.47. The first-order valence-corrected chi connectivity index (χ1v) is 16.3. The van der Waals surface area contributed by atoms with Crippen molar-refractivity contribution in [2.75, 3.05) is 11.9 Å². The number of aromatic nitrogens is 1. The van der Waals surface area contributed by atoms with Crippen LogP contribution in [0.3, 0.4) is 0 Å². The molecule has 5 aromatic rings. The largest absolute Gasteiger partial charge is 0.362 e. The molecule has 5 rings (SSSR count). The topological polar surface area (TPSA) is 107 Å². The fourth-order valence-corrected chi connectivity index (χ4v) is 5.57. The van der Waals surface area contributed by atoms with Crippen LogP contribution in [0.2, 0.25) is 0 Å². The van der Waals surface area contributed by atoms with Gasteiger partial charge in [-0.3, -0.25) is 14.6 Å². The van der Waals surface area contributed by atoms with E-state index in [9.17, 15) is 9.59 Å². The number of carbonyl (C=O) groups excluding carboxylic acids is 2. The van der Waals surface area contributed by atoms with Crippen LogP contribution in [0.5, 0.6) is 0 Å². The maximum absolute atomic E-state index is 13.7. The minimum Gasteiger partial charge on any atom is -0.362 e. The van der Waals surface area contributed by atoms with Crippen molar-refractivity contribution in [1.82, 2.24) is 26.3 Å². The van der Waals surface area contributed by atoms with Crippen LogP contribution in [0.4, 0.5) is 5.69 Å². The normalized spacial score (nSPS) is 12.1. The van der Waals surface area contributed by atoms with E-state index in [2.05, 4.69) is 49.8 Å². The van der Waals surface area contributed by atoms with Crippen LogP contribution in [0.1, 0.15) is 53.0 Å². The average molecular weight is 645 g/mol. The van der Waals surface area contributed by atoms with E-state index in [4.69, 9.17) is 12.2 Å². The molecule has 0 aliphatic heterocycles. The van der Waals surface area contributed by atoms with Gasteiger partial charge in [0.2, 0.25) is 5.91 Å². The molecule has 8 nitrogen and oxygen atoms in total. The van der Waals surface area contributed by atoms with Crippen LogP contribution < -0.4 is 26.6 Å². The highest BCUT2D eigenvalue weighted by molar-refractivity contribution is 7.80. The van der Waals surface area contributed by atoms with Crippen molar-refractivity contribution in [2.45, 2.75) is 44.9 Å². The minimum atomic E-state index is -0.739. The monoisotopic (exact) mass is 644 g/mol. The molecule has 0 saturated heterocycles. The van der Waals surface area contributed by atoms with Gasteiger partial charge in [0.05, 0.1) is 11.7 Å². The number of fused-ring (bicyclic) bond motifs is 1. The number of hydrogen-bond donors (Lipinski definition) is 5. The molecule has 9 heteroatoms. The van der Waals surface area contributed by atoms with Gasteiger partial charge in [0, 0.05) is 37.1 Å². The third-order valence-corrected chi connectivity index (χ3v) is 8.08.